The first-order chi connectivity index (χ1) is 13.9. The van der Waals surface area contributed by atoms with E-state index >= 15 is 0 Å². The van der Waals surface area contributed by atoms with Gasteiger partial charge in [0.15, 0.2) is 5.96 Å². The molecule has 0 unspecified atom stereocenters. The standard InChI is InChI=1S/C21H18Cl3N5/c22-12-3-1-11(2-4-12)13-8-19-15(9-18(13)27-5-6-28-21(25)26)14-7-16(23)17(24)10-20(14)29-19/h1-4,7-10,27,29H,5-6H2,(H4,25,26,28). The quantitative estimate of drug-likeness (QED) is 0.151. The van der Waals surface area contributed by atoms with Gasteiger partial charge in [0.25, 0.3) is 0 Å². The maximum atomic E-state index is 7.29. The molecule has 5 nitrogen and oxygen atoms in total. The number of fused-ring (bicyclic) bond motifs is 3. The van der Waals surface area contributed by atoms with Crippen LogP contribution in [0.3, 0.4) is 0 Å². The second-order valence-corrected chi connectivity index (χ2v) is 7.91. The summed E-state index contributed by atoms with van der Waals surface area (Å²) in [7, 11) is 0. The lowest BCUT2D eigenvalue weighted by molar-refractivity contribution is 0.892. The molecule has 1 aromatic heterocycles. The molecular weight excluding hydrogens is 429 g/mol. The molecule has 8 heteroatoms. The SMILES string of the molecule is N=C(N)NCCNc1cc2c(cc1-c1ccc(Cl)cc1)[nH]c1cc(Cl)c(Cl)cc12. The van der Waals surface area contributed by atoms with Gasteiger partial charge in [0.1, 0.15) is 0 Å². The number of hydrogen-bond donors (Lipinski definition) is 5. The number of halogens is 3. The highest BCUT2D eigenvalue weighted by atomic mass is 35.5. The average molecular weight is 447 g/mol. The molecule has 0 aliphatic rings. The van der Waals surface area contributed by atoms with Gasteiger partial charge in [-0.15, -0.1) is 0 Å². The first kappa shape index (κ1) is 19.7. The van der Waals surface area contributed by atoms with Crippen LogP contribution in [-0.4, -0.2) is 24.0 Å². The molecule has 0 aliphatic heterocycles. The Morgan fingerprint density at radius 3 is 2.28 bits per heavy atom. The molecule has 3 aromatic carbocycles. The largest absolute Gasteiger partial charge is 0.383 e. The number of aromatic amines is 1. The van der Waals surface area contributed by atoms with E-state index in [2.05, 4.69) is 27.8 Å². The van der Waals surface area contributed by atoms with Gasteiger partial charge in [-0.05, 0) is 42.0 Å². The molecule has 0 amide bonds. The molecule has 0 aliphatic carbocycles. The molecule has 0 atom stereocenters. The molecule has 6 N–H and O–H groups in total. The van der Waals surface area contributed by atoms with Crippen molar-refractivity contribution in [3.8, 4) is 11.1 Å². The van der Waals surface area contributed by atoms with E-state index < -0.39 is 0 Å². The Hall–Kier alpha value is -2.60. The predicted molar refractivity (Wildman–Crippen MR) is 125 cm³/mol. The number of nitrogens with one attached hydrogen (secondary N) is 4. The first-order valence-corrected chi connectivity index (χ1v) is 10.1. The van der Waals surface area contributed by atoms with E-state index in [9.17, 15) is 0 Å². The van der Waals surface area contributed by atoms with Gasteiger partial charge in [-0.2, -0.15) is 0 Å². The monoisotopic (exact) mass is 445 g/mol. The van der Waals surface area contributed by atoms with Crippen molar-refractivity contribution >= 4 is 68.3 Å². The van der Waals surface area contributed by atoms with Gasteiger partial charge < -0.3 is 21.4 Å². The number of nitrogens with two attached hydrogens (primary N) is 1. The van der Waals surface area contributed by atoms with Crippen LogP contribution in [0.5, 0.6) is 0 Å². The van der Waals surface area contributed by atoms with E-state index in [1.165, 1.54) is 0 Å². The van der Waals surface area contributed by atoms with Crippen LogP contribution in [0.2, 0.25) is 15.1 Å². The van der Waals surface area contributed by atoms with E-state index in [4.69, 9.17) is 45.9 Å². The fraction of sp³-hybridized carbons (Fsp3) is 0.0952. The molecule has 0 saturated heterocycles. The van der Waals surface area contributed by atoms with Gasteiger partial charge in [-0.3, -0.25) is 5.41 Å². The minimum Gasteiger partial charge on any atom is -0.383 e. The lowest BCUT2D eigenvalue weighted by Gasteiger charge is -2.14. The van der Waals surface area contributed by atoms with Crippen molar-refractivity contribution < 1.29 is 0 Å². The minimum absolute atomic E-state index is 0.0525. The average Bonchev–Trinajstić information content (AvgIpc) is 3.02. The summed E-state index contributed by atoms with van der Waals surface area (Å²) in [5, 5.41) is 17.3. The number of guanidine groups is 1. The van der Waals surface area contributed by atoms with Crippen molar-refractivity contribution in [1.29, 1.82) is 5.41 Å². The Kier molecular flexibility index (Phi) is 5.46. The number of benzene rings is 3. The third kappa shape index (κ3) is 4.08. The zero-order valence-electron chi connectivity index (χ0n) is 15.2. The smallest absolute Gasteiger partial charge is 0.185 e. The number of H-pyrrole nitrogens is 1. The summed E-state index contributed by atoms with van der Waals surface area (Å²) in [5.41, 5.74) is 10.3. The Morgan fingerprint density at radius 2 is 1.55 bits per heavy atom. The molecular formula is C21H18Cl3N5. The maximum Gasteiger partial charge on any atom is 0.185 e. The predicted octanol–water partition coefficient (Wildman–Crippen LogP) is 5.84. The van der Waals surface area contributed by atoms with Crippen LogP contribution in [0.25, 0.3) is 32.9 Å². The molecule has 4 rings (SSSR count). The molecule has 0 spiro atoms. The van der Waals surface area contributed by atoms with Gasteiger partial charge in [0, 0.05) is 51.2 Å². The van der Waals surface area contributed by atoms with E-state index in [-0.39, 0.29) is 5.96 Å². The molecule has 4 aromatic rings. The van der Waals surface area contributed by atoms with Crippen molar-refractivity contribution in [3.63, 3.8) is 0 Å². The second kappa shape index (κ2) is 8.03. The first-order valence-electron chi connectivity index (χ1n) is 8.94. The topological polar surface area (TPSA) is 89.7 Å². The molecule has 0 bridgehead atoms. The van der Waals surface area contributed by atoms with Gasteiger partial charge in [-0.25, -0.2) is 0 Å². The van der Waals surface area contributed by atoms with Crippen LogP contribution in [0.4, 0.5) is 5.69 Å². The van der Waals surface area contributed by atoms with Crippen LogP contribution in [0, 0.1) is 5.41 Å². The highest BCUT2D eigenvalue weighted by Crippen LogP contribution is 2.38. The zero-order valence-corrected chi connectivity index (χ0v) is 17.5. The van der Waals surface area contributed by atoms with Crippen molar-refractivity contribution in [3.05, 3.63) is 63.6 Å². The lowest BCUT2D eigenvalue weighted by atomic mass is 10.0. The van der Waals surface area contributed by atoms with Gasteiger partial charge in [0.05, 0.1) is 10.0 Å². The summed E-state index contributed by atoms with van der Waals surface area (Å²) in [6, 6.07) is 15.6. The van der Waals surface area contributed by atoms with E-state index in [1.54, 1.807) is 0 Å². The second-order valence-electron chi connectivity index (χ2n) is 6.65. The van der Waals surface area contributed by atoms with Crippen molar-refractivity contribution in [2.24, 2.45) is 5.73 Å². The Bertz CT molecular complexity index is 1210. The zero-order chi connectivity index (χ0) is 20.5. The van der Waals surface area contributed by atoms with Crippen molar-refractivity contribution in [2.45, 2.75) is 0 Å². The number of rotatable bonds is 5. The summed E-state index contributed by atoms with van der Waals surface area (Å²) in [6.07, 6.45) is 0. The molecule has 0 radical (unpaired) electrons. The minimum atomic E-state index is -0.0525. The molecule has 1 heterocycles. The van der Waals surface area contributed by atoms with Crippen LogP contribution in [0.1, 0.15) is 0 Å². The van der Waals surface area contributed by atoms with E-state index in [1.807, 2.05) is 36.4 Å². The molecule has 29 heavy (non-hydrogen) atoms. The number of anilines is 1. The molecule has 148 valence electrons. The van der Waals surface area contributed by atoms with Crippen LogP contribution in [0.15, 0.2) is 48.5 Å². The van der Waals surface area contributed by atoms with Crippen molar-refractivity contribution in [2.75, 3.05) is 18.4 Å². The fourth-order valence-electron chi connectivity index (χ4n) is 3.35. The Morgan fingerprint density at radius 1 is 0.897 bits per heavy atom. The highest BCUT2D eigenvalue weighted by Gasteiger charge is 2.13. The summed E-state index contributed by atoms with van der Waals surface area (Å²) in [5.74, 6) is -0.0525. The molecule has 0 saturated carbocycles. The number of aromatic nitrogens is 1. The van der Waals surface area contributed by atoms with Gasteiger partial charge >= 0.3 is 0 Å². The summed E-state index contributed by atoms with van der Waals surface area (Å²) >= 11 is 18.5. The van der Waals surface area contributed by atoms with Gasteiger partial charge in [0.2, 0.25) is 0 Å². The maximum absolute atomic E-state index is 7.29. The van der Waals surface area contributed by atoms with Crippen LogP contribution >= 0.6 is 34.8 Å². The third-order valence-electron chi connectivity index (χ3n) is 4.69. The fourth-order valence-corrected chi connectivity index (χ4v) is 3.81. The summed E-state index contributed by atoms with van der Waals surface area (Å²) in [6.45, 7) is 1.13. The highest BCUT2D eigenvalue weighted by molar-refractivity contribution is 6.43. The van der Waals surface area contributed by atoms with E-state index in [0.717, 1.165) is 38.6 Å². The number of hydrogen-bond acceptors (Lipinski definition) is 2. The van der Waals surface area contributed by atoms with E-state index in [0.29, 0.717) is 28.2 Å². The molecule has 0 fully saturated rings. The van der Waals surface area contributed by atoms with Crippen molar-refractivity contribution in [1.82, 2.24) is 10.3 Å². The van der Waals surface area contributed by atoms with Crippen LogP contribution < -0.4 is 16.4 Å². The van der Waals surface area contributed by atoms with Gasteiger partial charge in [-0.1, -0.05) is 46.9 Å². The Labute approximate surface area is 182 Å². The third-order valence-corrected chi connectivity index (χ3v) is 5.66. The summed E-state index contributed by atoms with van der Waals surface area (Å²) in [4.78, 5) is 3.42. The lowest BCUT2D eigenvalue weighted by Crippen LogP contribution is -2.33. The normalized spacial score (nSPS) is 11.1. The van der Waals surface area contributed by atoms with Crippen LogP contribution in [-0.2, 0) is 0 Å². The summed E-state index contributed by atoms with van der Waals surface area (Å²) < 4.78 is 0. The Balaban J connectivity index is 1.83.